The van der Waals surface area contributed by atoms with E-state index in [1.807, 2.05) is 0 Å². The Kier molecular flexibility index (Phi) is 3.77. The maximum atomic E-state index is 2.45. The number of benzene rings is 2. The van der Waals surface area contributed by atoms with Crippen LogP contribution >= 0.6 is 15.8 Å². The molecule has 2 heteroatoms. The third-order valence-corrected chi connectivity index (χ3v) is 12.6. The number of fused-ring (bicyclic) bond motifs is 2. The summed E-state index contributed by atoms with van der Waals surface area (Å²) in [4.78, 5) is 0. The van der Waals surface area contributed by atoms with Gasteiger partial charge < -0.3 is 0 Å². The molecule has 0 amide bonds. The van der Waals surface area contributed by atoms with Crippen LogP contribution in [0.4, 0.5) is 0 Å². The summed E-state index contributed by atoms with van der Waals surface area (Å²) in [6.07, 6.45) is 0. The molecule has 4 rings (SSSR count). The van der Waals surface area contributed by atoms with Gasteiger partial charge in [0.1, 0.15) is 0 Å². The monoisotopic (exact) mass is 354 g/mol. The quantitative estimate of drug-likeness (QED) is 0.527. The van der Waals surface area contributed by atoms with Gasteiger partial charge in [0.15, 0.2) is 0 Å². The molecule has 2 unspecified atom stereocenters. The summed E-state index contributed by atoms with van der Waals surface area (Å²) in [5.41, 5.74) is 4.82. The smallest absolute Gasteiger partial charge is 0.0205 e. The van der Waals surface area contributed by atoms with Gasteiger partial charge in [0, 0.05) is 11.3 Å². The minimum atomic E-state index is -0.0941. The number of hydrogen-bond donors (Lipinski definition) is 0. The van der Waals surface area contributed by atoms with Crippen LogP contribution in [0.15, 0.2) is 48.5 Å². The molecule has 2 aliphatic heterocycles. The van der Waals surface area contributed by atoms with Gasteiger partial charge in [0.25, 0.3) is 0 Å². The van der Waals surface area contributed by atoms with E-state index in [2.05, 4.69) is 90.1 Å². The molecule has 0 bridgehead atoms. The van der Waals surface area contributed by atoms with E-state index in [0.717, 1.165) is 11.3 Å². The lowest BCUT2D eigenvalue weighted by Crippen LogP contribution is -2.44. The van der Waals surface area contributed by atoms with Crippen LogP contribution in [0.2, 0.25) is 0 Å². The Balaban J connectivity index is 1.83. The molecule has 4 atom stereocenters. The lowest BCUT2D eigenvalue weighted by atomic mass is 10.0. The zero-order valence-corrected chi connectivity index (χ0v) is 17.5. The normalized spacial score (nSPS) is 28.4. The van der Waals surface area contributed by atoms with E-state index >= 15 is 0 Å². The summed E-state index contributed by atoms with van der Waals surface area (Å²) in [5, 5.41) is 4.10. The topological polar surface area (TPSA) is 0 Å². The molecule has 0 saturated heterocycles. The second-order valence-corrected chi connectivity index (χ2v) is 15.3. The predicted octanol–water partition coefficient (Wildman–Crippen LogP) is 6.31. The van der Waals surface area contributed by atoms with E-state index in [4.69, 9.17) is 0 Å². The van der Waals surface area contributed by atoms with Crippen LogP contribution in [-0.2, 0) is 0 Å². The Hall–Kier alpha value is -0.700. The molecule has 0 aromatic heterocycles. The van der Waals surface area contributed by atoms with Crippen LogP contribution in [0.3, 0.4) is 0 Å². The first-order chi connectivity index (χ1) is 11.2. The Labute approximate surface area is 149 Å². The molecule has 0 N–H and O–H groups in total. The van der Waals surface area contributed by atoms with E-state index in [1.54, 1.807) is 21.7 Å². The highest BCUT2D eigenvalue weighted by atomic mass is 31.1. The Bertz CT molecular complexity index is 712. The summed E-state index contributed by atoms with van der Waals surface area (Å²) in [5.74, 6) is 0. The fraction of sp³-hybridized carbons (Fsp3) is 0.455. The Morgan fingerprint density at radius 2 is 0.917 bits per heavy atom. The average molecular weight is 354 g/mol. The molecule has 0 spiro atoms. The highest BCUT2D eigenvalue weighted by Gasteiger charge is 2.55. The van der Waals surface area contributed by atoms with Gasteiger partial charge in [-0.25, -0.2) is 0 Å². The number of hydrogen-bond acceptors (Lipinski definition) is 0. The van der Waals surface area contributed by atoms with Crippen LogP contribution in [0.5, 0.6) is 0 Å². The van der Waals surface area contributed by atoms with Gasteiger partial charge >= 0.3 is 0 Å². The Morgan fingerprint density at radius 1 is 0.583 bits per heavy atom. The van der Waals surface area contributed by atoms with Crippen molar-refractivity contribution in [2.75, 3.05) is 0 Å². The first kappa shape index (κ1) is 16.8. The second-order valence-electron chi connectivity index (χ2n) is 9.09. The molecular formula is C22H28P2. The third-order valence-electron chi connectivity index (χ3n) is 5.33. The van der Waals surface area contributed by atoms with Crippen LogP contribution in [-0.4, -0.2) is 10.3 Å². The van der Waals surface area contributed by atoms with Crippen LogP contribution in [0.1, 0.15) is 64.0 Å². The minimum Gasteiger partial charge on any atom is -0.0619 e. The third kappa shape index (κ3) is 2.34. The van der Waals surface area contributed by atoms with E-state index < -0.39 is 0 Å². The summed E-state index contributed by atoms with van der Waals surface area (Å²) >= 11 is 0. The molecule has 2 aliphatic rings. The average Bonchev–Trinajstić information content (AvgIpc) is 2.42. The fourth-order valence-corrected chi connectivity index (χ4v) is 12.0. The van der Waals surface area contributed by atoms with Crippen molar-refractivity contribution in [3.63, 3.8) is 0 Å². The van der Waals surface area contributed by atoms with Crippen molar-refractivity contribution in [2.24, 2.45) is 0 Å². The van der Waals surface area contributed by atoms with Crippen LogP contribution in [0, 0.1) is 0 Å². The lowest BCUT2D eigenvalue weighted by Gasteiger charge is -2.58. The lowest BCUT2D eigenvalue weighted by molar-refractivity contribution is 0.715. The minimum absolute atomic E-state index is 0.0941. The van der Waals surface area contributed by atoms with Gasteiger partial charge in [-0.1, -0.05) is 106 Å². The molecule has 0 radical (unpaired) electrons. The predicted molar refractivity (Wildman–Crippen MR) is 111 cm³/mol. The van der Waals surface area contributed by atoms with Crippen LogP contribution < -0.4 is 10.6 Å². The summed E-state index contributed by atoms with van der Waals surface area (Å²) < 4.78 is 0. The largest absolute Gasteiger partial charge is 0.0619 e. The fourth-order valence-electron chi connectivity index (χ4n) is 4.54. The second kappa shape index (κ2) is 5.40. The zero-order valence-electron chi connectivity index (χ0n) is 15.7. The van der Waals surface area contributed by atoms with Gasteiger partial charge in [-0.15, -0.1) is 0 Å². The van der Waals surface area contributed by atoms with E-state index in [9.17, 15) is 0 Å². The molecule has 2 aromatic rings. The molecule has 0 saturated carbocycles. The molecule has 24 heavy (non-hydrogen) atoms. The summed E-state index contributed by atoms with van der Waals surface area (Å²) in [6.45, 7) is 14.7. The molecule has 0 nitrogen and oxygen atoms in total. The van der Waals surface area contributed by atoms with E-state index in [1.165, 1.54) is 0 Å². The van der Waals surface area contributed by atoms with Gasteiger partial charge in [0.05, 0.1) is 0 Å². The van der Waals surface area contributed by atoms with Crippen molar-refractivity contribution in [2.45, 2.75) is 63.2 Å². The summed E-state index contributed by atoms with van der Waals surface area (Å²) in [6, 6.07) is 18.5. The maximum absolute atomic E-state index is 2.45. The molecular weight excluding hydrogens is 326 g/mol. The van der Waals surface area contributed by atoms with E-state index in [0.29, 0.717) is 10.3 Å². The van der Waals surface area contributed by atoms with Gasteiger partial charge in [-0.2, -0.15) is 0 Å². The van der Waals surface area contributed by atoms with Gasteiger partial charge in [-0.3, -0.25) is 0 Å². The molecule has 2 heterocycles. The highest BCUT2D eigenvalue weighted by molar-refractivity contribution is 7.74. The number of rotatable bonds is 1. The van der Waals surface area contributed by atoms with Crippen molar-refractivity contribution in [3.05, 3.63) is 59.7 Å². The summed E-state index contributed by atoms with van der Waals surface area (Å²) in [7, 11) is -0.188. The Morgan fingerprint density at radius 3 is 1.25 bits per heavy atom. The standard InChI is InChI=1S/C22H28P2/c1-21(2,3)23-17-13-9-7-11-15(17)19(23)20-16-12-8-10-14-18(16)24(20)22(4,5)6/h7-14,19-20H,1-6H3/t19-,20-,23?,24?/m0/s1. The van der Waals surface area contributed by atoms with Crippen molar-refractivity contribution < 1.29 is 0 Å². The van der Waals surface area contributed by atoms with Crippen molar-refractivity contribution >= 4 is 26.5 Å². The van der Waals surface area contributed by atoms with Crippen molar-refractivity contribution in [1.82, 2.24) is 0 Å². The first-order valence-corrected chi connectivity index (χ1v) is 11.8. The van der Waals surface area contributed by atoms with Gasteiger partial charge in [-0.05, 0) is 32.0 Å². The molecule has 0 fully saturated rings. The van der Waals surface area contributed by atoms with Crippen molar-refractivity contribution in [1.29, 1.82) is 0 Å². The molecule has 126 valence electrons. The molecule has 0 aliphatic carbocycles. The van der Waals surface area contributed by atoms with E-state index in [-0.39, 0.29) is 15.8 Å². The SMILES string of the molecule is CC(C)(C)P1c2ccccc2[C@H]1[C@@H]1c2ccccc2P1C(C)(C)C. The van der Waals surface area contributed by atoms with Crippen molar-refractivity contribution in [3.8, 4) is 0 Å². The maximum Gasteiger partial charge on any atom is 0.0205 e. The zero-order chi connectivity index (χ0) is 17.3. The van der Waals surface area contributed by atoms with Crippen LogP contribution in [0.25, 0.3) is 0 Å². The molecule has 2 aromatic carbocycles. The van der Waals surface area contributed by atoms with Gasteiger partial charge in [0.2, 0.25) is 0 Å². The first-order valence-electron chi connectivity index (χ1n) is 8.98. The highest BCUT2D eigenvalue weighted by Crippen LogP contribution is 2.81.